The highest BCUT2D eigenvalue weighted by Gasteiger charge is 2.40. The summed E-state index contributed by atoms with van der Waals surface area (Å²) in [7, 11) is 0. The molecule has 1 saturated carbocycles. The van der Waals surface area contributed by atoms with Crippen LogP contribution in [-0.4, -0.2) is 29.9 Å². The molecule has 1 aromatic carbocycles. The normalized spacial score (nSPS) is 29.4. The smallest absolute Gasteiger partial charge is 0.256 e. The van der Waals surface area contributed by atoms with Crippen molar-refractivity contribution in [1.29, 1.82) is 0 Å². The van der Waals surface area contributed by atoms with E-state index in [4.69, 9.17) is 5.73 Å². The highest BCUT2D eigenvalue weighted by Crippen LogP contribution is 2.36. The van der Waals surface area contributed by atoms with Crippen molar-refractivity contribution < 1.29 is 9.18 Å². The molecule has 0 bridgehead atoms. The second-order valence-electron chi connectivity index (χ2n) is 5.83. The number of hydrogen-bond acceptors (Lipinski definition) is 2. The highest BCUT2D eigenvalue weighted by atomic mass is 79.9. The first kappa shape index (κ1) is 14.0. The molecule has 3 unspecified atom stereocenters. The summed E-state index contributed by atoms with van der Waals surface area (Å²) >= 11 is 3.13. The van der Waals surface area contributed by atoms with E-state index >= 15 is 0 Å². The van der Waals surface area contributed by atoms with E-state index < -0.39 is 5.82 Å². The third kappa shape index (κ3) is 2.37. The molecule has 1 saturated heterocycles. The Balaban J connectivity index is 1.80. The maximum Gasteiger partial charge on any atom is 0.256 e. The van der Waals surface area contributed by atoms with Gasteiger partial charge in [0.15, 0.2) is 0 Å². The van der Waals surface area contributed by atoms with Gasteiger partial charge in [-0.05, 0) is 52.7 Å². The van der Waals surface area contributed by atoms with Crippen molar-refractivity contribution in [3.8, 4) is 0 Å². The van der Waals surface area contributed by atoms with Crippen LogP contribution in [0.2, 0.25) is 0 Å². The molecular weight excluding hydrogens is 323 g/mol. The zero-order valence-electron chi connectivity index (χ0n) is 11.2. The van der Waals surface area contributed by atoms with Gasteiger partial charge in [0.05, 0.1) is 10.0 Å². The lowest BCUT2D eigenvalue weighted by atomic mass is 9.78. The molecule has 2 N–H and O–H groups in total. The van der Waals surface area contributed by atoms with Gasteiger partial charge < -0.3 is 10.6 Å². The summed E-state index contributed by atoms with van der Waals surface area (Å²) < 4.78 is 14.4. The van der Waals surface area contributed by atoms with Gasteiger partial charge in [0.1, 0.15) is 5.82 Å². The lowest BCUT2D eigenvalue weighted by Crippen LogP contribution is -2.38. The summed E-state index contributed by atoms with van der Waals surface area (Å²) in [4.78, 5) is 14.3. The molecule has 5 heteroatoms. The van der Waals surface area contributed by atoms with Gasteiger partial charge in [-0.3, -0.25) is 4.79 Å². The van der Waals surface area contributed by atoms with Crippen LogP contribution in [0.1, 0.15) is 29.6 Å². The minimum absolute atomic E-state index is 0.145. The number of nitrogens with two attached hydrogens (primary N) is 1. The molecule has 2 fully saturated rings. The van der Waals surface area contributed by atoms with E-state index in [9.17, 15) is 9.18 Å². The van der Waals surface area contributed by atoms with Gasteiger partial charge in [0.2, 0.25) is 0 Å². The SMILES string of the molecule is NC1CCCC2CN(C(=O)c3cccc(Br)c3F)CC12. The Kier molecular flexibility index (Phi) is 3.82. The monoisotopic (exact) mass is 340 g/mol. The molecule has 20 heavy (non-hydrogen) atoms. The third-order valence-electron chi connectivity index (χ3n) is 4.62. The molecule has 1 amide bonds. The molecule has 3 atom stereocenters. The summed E-state index contributed by atoms with van der Waals surface area (Å²) in [5.74, 6) is 0.169. The van der Waals surface area contributed by atoms with Crippen molar-refractivity contribution in [3.05, 3.63) is 34.1 Å². The predicted molar refractivity (Wildman–Crippen MR) is 78.8 cm³/mol. The van der Waals surface area contributed by atoms with Crippen molar-refractivity contribution in [1.82, 2.24) is 4.90 Å². The van der Waals surface area contributed by atoms with Gasteiger partial charge in [-0.2, -0.15) is 0 Å². The standard InChI is InChI=1S/C15H18BrFN2O/c16-12-5-2-4-10(14(12)17)15(20)19-7-9-3-1-6-13(18)11(9)8-19/h2,4-5,9,11,13H,1,3,6-8,18H2. The van der Waals surface area contributed by atoms with Gasteiger partial charge in [-0.15, -0.1) is 0 Å². The van der Waals surface area contributed by atoms with Gasteiger partial charge in [0, 0.05) is 19.1 Å². The number of amides is 1. The number of nitrogens with zero attached hydrogens (tertiary/aromatic N) is 1. The molecule has 0 spiro atoms. The molecule has 3 nitrogen and oxygen atoms in total. The lowest BCUT2D eigenvalue weighted by molar-refractivity contribution is 0.0778. The van der Waals surface area contributed by atoms with E-state index in [-0.39, 0.29) is 17.5 Å². The van der Waals surface area contributed by atoms with Crippen molar-refractivity contribution in [2.24, 2.45) is 17.6 Å². The Labute approximate surface area is 126 Å². The van der Waals surface area contributed by atoms with Crippen LogP contribution < -0.4 is 5.73 Å². The van der Waals surface area contributed by atoms with Crippen LogP contribution in [-0.2, 0) is 0 Å². The number of halogens is 2. The number of rotatable bonds is 1. The average molecular weight is 341 g/mol. The van der Waals surface area contributed by atoms with Crippen LogP contribution in [0, 0.1) is 17.7 Å². The summed E-state index contributed by atoms with van der Waals surface area (Å²) in [6.07, 6.45) is 3.30. The summed E-state index contributed by atoms with van der Waals surface area (Å²) in [6, 6.07) is 5.02. The average Bonchev–Trinajstić information content (AvgIpc) is 2.87. The van der Waals surface area contributed by atoms with E-state index in [0.717, 1.165) is 19.3 Å². The van der Waals surface area contributed by atoms with E-state index in [2.05, 4.69) is 15.9 Å². The zero-order chi connectivity index (χ0) is 14.3. The summed E-state index contributed by atoms with van der Waals surface area (Å²) in [5, 5.41) is 0. The molecule has 1 aliphatic carbocycles. The van der Waals surface area contributed by atoms with Crippen LogP contribution in [0.3, 0.4) is 0 Å². The Bertz CT molecular complexity index is 537. The third-order valence-corrected chi connectivity index (χ3v) is 5.24. The molecule has 0 aromatic heterocycles. The van der Waals surface area contributed by atoms with Crippen molar-refractivity contribution in [3.63, 3.8) is 0 Å². The predicted octanol–water partition coefficient (Wildman–Crippen LogP) is 2.79. The van der Waals surface area contributed by atoms with E-state index in [1.165, 1.54) is 0 Å². The minimum Gasteiger partial charge on any atom is -0.338 e. The first-order valence-corrected chi connectivity index (χ1v) is 7.86. The fourth-order valence-electron chi connectivity index (χ4n) is 3.52. The van der Waals surface area contributed by atoms with Crippen molar-refractivity contribution in [2.45, 2.75) is 25.3 Å². The number of likely N-dealkylation sites (tertiary alicyclic amines) is 1. The highest BCUT2D eigenvalue weighted by molar-refractivity contribution is 9.10. The van der Waals surface area contributed by atoms with Gasteiger partial charge in [-0.1, -0.05) is 12.5 Å². The molecular formula is C15H18BrFN2O. The van der Waals surface area contributed by atoms with E-state index in [1.807, 2.05) is 0 Å². The molecule has 108 valence electrons. The maximum atomic E-state index is 14.0. The first-order valence-electron chi connectivity index (χ1n) is 7.07. The lowest BCUT2D eigenvalue weighted by Gasteiger charge is -2.29. The topological polar surface area (TPSA) is 46.3 Å². The zero-order valence-corrected chi connectivity index (χ0v) is 12.8. The quantitative estimate of drug-likeness (QED) is 0.854. The second-order valence-corrected chi connectivity index (χ2v) is 6.68. The first-order chi connectivity index (χ1) is 9.58. The van der Waals surface area contributed by atoms with Crippen LogP contribution in [0.25, 0.3) is 0 Å². The molecule has 3 rings (SSSR count). The number of carbonyl (C=O) groups excluding carboxylic acids is 1. The Hall–Kier alpha value is -0.940. The Morgan fingerprint density at radius 3 is 2.90 bits per heavy atom. The molecule has 1 aliphatic heterocycles. The Morgan fingerprint density at radius 1 is 1.35 bits per heavy atom. The molecule has 1 aromatic rings. The number of fused-ring (bicyclic) bond motifs is 1. The molecule has 0 radical (unpaired) electrons. The van der Waals surface area contributed by atoms with Crippen molar-refractivity contribution >= 4 is 21.8 Å². The molecule has 1 heterocycles. The van der Waals surface area contributed by atoms with Crippen LogP contribution in [0.5, 0.6) is 0 Å². The largest absolute Gasteiger partial charge is 0.338 e. The van der Waals surface area contributed by atoms with Crippen molar-refractivity contribution in [2.75, 3.05) is 13.1 Å². The van der Waals surface area contributed by atoms with Gasteiger partial charge in [0.25, 0.3) is 5.91 Å². The van der Waals surface area contributed by atoms with E-state index in [0.29, 0.717) is 29.4 Å². The van der Waals surface area contributed by atoms with Gasteiger partial charge in [-0.25, -0.2) is 4.39 Å². The Morgan fingerprint density at radius 2 is 2.15 bits per heavy atom. The maximum absolute atomic E-state index is 14.0. The van der Waals surface area contributed by atoms with E-state index in [1.54, 1.807) is 23.1 Å². The molecule has 2 aliphatic rings. The fourth-order valence-corrected chi connectivity index (χ4v) is 3.89. The van der Waals surface area contributed by atoms with Crippen LogP contribution >= 0.6 is 15.9 Å². The van der Waals surface area contributed by atoms with Crippen LogP contribution in [0.4, 0.5) is 4.39 Å². The summed E-state index contributed by atoms with van der Waals surface area (Å²) in [5.41, 5.74) is 6.30. The van der Waals surface area contributed by atoms with Gasteiger partial charge >= 0.3 is 0 Å². The fraction of sp³-hybridized carbons (Fsp3) is 0.533. The van der Waals surface area contributed by atoms with Crippen LogP contribution in [0.15, 0.2) is 22.7 Å². The summed E-state index contributed by atoms with van der Waals surface area (Å²) in [6.45, 7) is 1.37. The second kappa shape index (κ2) is 5.45. The number of benzene rings is 1. The number of carbonyl (C=O) groups is 1. The minimum atomic E-state index is -0.475. The number of hydrogen-bond donors (Lipinski definition) is 1.